The van der Waals surface area contributed by atoms with Crippen LogP contribution in [0.5, 0.6) is 0 Å². The van der Waals surface area contributed by atoms with E-state index in [9.17, 15) is 18.0 Å². The second-order valence-electron chi connectivity index (χ2n) is 9.80. The lowest BCUT2D eigenvalue weighted by Gasteiger charge is -2.31. The van der Waals surface area contributed by atoms with Crippen molar-refractivity contribution >= 4 is 27.5 Å². The minimum atomic E-state index is -3.53. The van der Waals surface area contributed by atoms with E-state index in [-0.39, 0.29) is 24.8 Å². The van der Waals surface area contributed by atoms with Crippen molar-refractivity contribution in [1.29, 1.82) is 0 Å². The number of anilines is 1. The van der Waals surface area contributed by atoms with Crippen LogP contribution in [0.4, 0.5) is 5.69 Å². The number of nitrogens with zero attached hydrogens (tertiary/aromatic N) is 2. The van der Waals surface area contributed by atoms with Crippen LogP contribution in [0.15, 0.2) is 42.5 Å². The topological polar surface area (TPSA) is 86.8 Å². The van der Waals surface area contributed by atoms with Gasteiger partial charge in [-0.3, -0.25) is 13.9 Å². The smallest absolute Gasteiger partial charge is 0.242 e. The van der Waals surface area contributed by atoms with Crippen molar-refractivity contribution in [3.8, 4) is 0 Å². The Morgan fingerprint density at radius 2 is 1.62 bits per heavy atom. The number of carbonyl (C=O) groups is 2. The predicted octanol–water partition coefficient (Wildman–Crippen LogP) is 4.88. The highest BCUT2D eigenvalue weighted by molar-refractivity contribution is 7.92. The molecule has 0 aliphatic rings. The molecule has 0 saturated carbocycles. The van der Waals surface area contributed by atoms with Crippen LogP contribution in [0, 0.1) is 20.8 Å². The molecule has 0 radical (unpaired) electrons. The largest absolute Gasteiger partial charge is 0.354 e. The van der Waals surface area contributed by atoms with E-state index in [1.807, 2.05) is 70.2 Å². The van der Waals surface area contributed by atoms with E-state index in [0.29, 0.717) is 31.6 Å². The van der Waals surface area contributed by atoms with Gasteiger partial charge in [-0.05, 0) is 74.4 Å². The second-order valence-corrected chi connectivity index (χ2v) is 11.7. The molecule has 8 heteroatoms. The summed E-state index contributed by atoms with van der Waals surface area (Å²) in [6.07, 6.45) is 4.02. The first-order valence-electron chi connectivity index (χ1n) is 13.2. The van der Waals surface area contributed by atoms with Gasteiger partial charge in [0.1, 0.15) is 6.04 Å². The molecule has 1 N–H and O–H groups in total. The lowest BCUT2D eigenvalue weighted by atomic mass is 10.0. The van der Waals surface area contributed by atoms with Gasteiger partial charge < -0.3 is 10.2 Å². The average Bonchev–Trinajstić information content (AvgIpc) is 2.81. The molecular formula is C29H43N3O4S. The monoisotopic (exact) mass is 529 g/mol. The SMILES string of the molecule is CCCCNC(=O)[C@H](CC)N(Cc1ccccc1C)C(=O)CCCN(c1cc(C)cc(C)c1)S(C)(=O)=O. The number of hydrogen-bond donors (Lipinski definition) is 1. The van der Waals surface area contributed by atoms with E-state index in [2.05, 4.69) is 12.2 Å². The molecule has 0 saturated heterocycles. The summed E-state index contributed by atoms with van der Waals surface area (Å²) in [6, 6.07) is 12.9. The van der Waals surface area contributed by atoms with Crippen LogP contribution in [0.2, 0.25) is 0 Å². The highest BCUT2D eigenvalue weighted by Gasteiger charge is 2.29. The van der Waals surface area contributed by atoms with Crippen molar-refractivity contribution in [2.45, 2.75) is 79.3 Å². The zero-order valence-corrected chi connectivity index (χ0v) is 24.0. The Hall–Kier alpha value is -2.87. The Morgan fingerprint density at radius 1 is 0.973 bits per heavy atom. The minimum absolute atomic E-state index is 0.140. The summed E-state index contributed by atoms with van der Waals surface area (Å²) in [5.74, 6) is -0.305. The van der Waals surface area contributed by atoms with Gasteiger partial charge in [-0.1, -0.05) is 50.6 Å². The molecule has 2 aromatic rings. The fourth-order valence-electron chi connectivity index (χ4n) is 4.50. The Bertz CT molecular complexity index is 1140. The number of carbonyl (C=O) groups excluding carboxylic acids is 2. The van der Waals surface area contributed by atoms with Crippen molar-refractivity contribution in [1.82, 2.24) is 10.2 Å². The number of rotatable bonds is 14. The highest BCUT2D eigenvalue weighted by Crippen LogP contribution is 2.23. The molecule has 0 unspecified atom stereocenters. The van der Waals surface area contributed by atoms with Gasteiger partial charge in [-0.15, -0.1) is 0 Å². The van der Waals surface area contributed by atoms with Gasteiger partial charge in [-0.2, -0.15) is 0 Å². The molecule has 0 aliphatic heterocycles. The van der Waals surface area contributed by atoms with E-state index in [0.717, 1.165) is 35.1 Å². The number of amides is 2. The molecule has 0 aromatic heterocycles. The fourth-order valence-corrected chi connectivity index (χ4v) is 5.44. The van der Waals surface area contributed by atoms with Gasteiger partial charge in [0, 0.05) is 26.1 Å². The van der Waals surface area contributed by atoms with Gasteiger partial charge in [-0.25, -0.2) is 8.42 Å². The molecule has 2 rings (SSSR count). The van der Waals surface area contributed by atoms with Crippen molar-refractivity contribution in [3.63, 3.8) is 0 Å². The predicted molar refractivity (Wildman–Crippen MR) is 151 cm³/mol. The molecule has 0 bridgehead atoms. The number of hydrogen-bond acceptors (Lipinski definition) is 4. The van der Waals surface area contributed by atoms with Crippen LogP contribution >= 0.6 is 0 Å². The van der Waals surface area contributed by atoms with Crippen LogP contribution in [0.25, 0.3) is 0 Å². The highest BCUT2D eigenvalue weighted by atomic mass is 32.2. The van der Waals surface area contributed by atoms with E-state index in [1.54, 1.807) is 4.90 Å². The minimum Gasteiger partial charge on any atom is -0.354 e. The van der Waals surface area contributed by atoms with Gasteiger partial charge in [0.2, 0.25) is 21.8 Å². The normalized spacial score (nSPS) is 12.2. The molecule has 0 fully saturated rings. The third-order valence-corrected chi connectivity index (χ3v) is 7.66. The van der Waals surface area contributed by atoms with Crippen LogP contribution in [0.3, 0.4) is 0 Å². The first kappa shape index (κ1) is 30.4. The first-order valence-corrected chi connectivity index (χ1v) is 15.0. The Balaban J connectivity index is 2.23. The molecule has 7 nitrogen and oxygen atoms in total. The third kappa shape index (κ3) is 9.18. The first-order chi connectivity index (χ1) is 17.5. The van der Waals surface area contributed by atoms with E-state index >= 15 is 0 Å². The molecule has 0 heterocycles. The summed E-state index contributed by atoms with van der Waals surface area (Å²) in [5.41, 5.74) is 4.60. The standard InChI is InChI=1S/C29H43N3O4S/c1-7-9-16-30-29(34)27(8-2)31(21-25-14-11-10-13-24(25)5)28(33)15-12-17-32(37(6,35)36)26-19-22(3)18-23(4)20-26/h10-11,13-14,18-20,27H,7-9,12,15-17,21H2,1-6H3,(H,30,34)/t27-/m0/s1. The zero-order valence-electron chi connectivity index (χ0n) is 23.2. The quantitative estimate of drug-likeness (QED) is 0.353. The Kier molecular flexibility index (Phi) is 11.6. The lowest BCUT2D eigenvalue weighted by Crippen LogP contribution is -2.49. The average molecular weight is 530 g/mol. The fraction of sp³-hybridized carbons (Fsp3) is 0.517. The summed E-state index contributed by atoms with van der Waals surface area (Å²) in [7, 11) is -3.53. The van der Waals surface area contributed by atoms with Gasteiger partial charge in [0.05, 0.1) is 11.9 Å². The van der Waals surface area contributed by atoms with Crippen LogP contribution < -0.4 is 9.62 Å². The van der Waals surface area contributed by atoms with Crippen molar-refractivity contribution in [2.75, 3.05) is 23.7 Å². The van der Waals surface area contributed by atoms with E-state index in [4.69, 9.17) is 0 Å². The van der Waals surface area contributed by atoms with Crippen molar-refractivity contribution in [2.24, 2.45) is 0 Å². The van der Waals surface area contributed by atoms with Gasteiger partial charge >= 0.3 is 0 Å². The van der Waals surface area contributed by atoms with Crippen molar-refractivity contribution < 1.29 is 18.0 Å². The molecule has 2 aromatic carbocycles. The molecule has 0 aliphatic carbocycles. The van der Waals surface area contributed by atoms with Crippen molar-refractivity contribution in [3.05, 3.63) is 64.7 Å². The summed E-state index contributed by atoms with van der Waals surface area (Å²) in [4.78, 5) is 28.2. The second kappa shape index (κ2) is 14.2. The van der Waals surface area contributed by atoms with E-state index in [1.165, 1.54) is 10.6 Å². The van der Waals surface area contributed by atoms with Crippen LogP contribution in [0.1, 0.15) is 68.2 Å². The number of aryl methyl sites for hydroxylation is 3. The maximum atomic E-state index is 13.5. The number of sulfonamides is 1. The Labute approximate surface area is 223 Å². The number of nitrogens with one attached hydrogen (secondary N) is 1. The summed E-state index contributed by atoms with van der Waals surface area (Å²) in [6.45, 7) is 10.9. The maximum Gasteiger partial charge on any atom is 0.242 e. The molecule has 204 valence electrons. The van der Waals surface area contributed by atoms with Crippen LogP contribution in [-0.4, -0.2) is 50.5 Å². The maximum absolute atomic E-state index is 13.5. The summed E-state index contributed by atoms with van der Waals surface area (Å²) >= 11 is 0. The third-order valence-electron chi connectivity index (χ3n) is 6.46. The Morgan fingerprint density at radius 3 is 2.19 bits per heavy atom. The molecule has 0 spiro atoms. The lowest BCUT2D eigenvalue weighted by molar-refractivity contribution is -0.141. The van der Waals surface area contributed by atoms with Gasteiger partial charge in [0.15, 0.2) is 0 Å². The molecular weight excluding hydrogens is 486 g/mol. The van der Waals surface area contributed by atoms with Gasteiger partial charge in [0.25, 0.3) is 0 Å². The molecule has 2 amide bonds. The number of unbranched alkanes of at least 4 members (excludes halogenated alkanes) is 1. The van der Waals surface area contributed by atoms with E-state index < -0.39 is 16.1 Å². The molecule has 1 atom stereocenters. The zero-order chi connectivity index (χ0) is 27.6. The summed E-state index contributed by atoms with van der Waals surface area (Å²) < 4.78 is 26.5. The summed E-state index contributed by atoms with van der Waals surface area (Å²) in [5, 5.41) is 2.98. The van der Waals surface area contributed by atoms with Crippen LogP contribution in [-0.2, 0) is 26.2 Å². The number of benzene rings is 2. The molecule has 37 heavy (non-hydrogen) atoms.